The summed E-state index contributed by atoms with van der Waals surface area (Å²) >= 11 is 0. The lowest BCUT2D eigenvalue weighted by Gasteiger charge is -2.35. The first-order valence-electron chi connectivity index (χ1n) is 8.95. The van der Waals surface area contributed by atoms with Crippen molar-refractivity contribution in [2.45, 2.75) is 26.3 Å². The predicted molar refractivity (Wildman–Crippen MR) is 107 cm³/mol. The van der Waals surface area contributed by atoms with Crippen LogP contribution < -0.4 is 15.8 Å². The summed E-state index contributed by atoms with van der Waals surface area (Å²) in [6.45, 7) is 4.94. The molecule has 0 aromatic heterocycles. The van der Waals surface area contributed by atoms with Crippen LogP contribution in [0.15, 0.2) is 48.5 Å². The number of anilines is 1. The Kier molecular flexibility index (Phi) is 6.93. The minimum Gasteiger partial charge on any atom is -0.484 e. The lowest BCUT2D eigenvalue weighted by molar-refractivity contribution is -0.141. The van der Waals surface area contributed by atoms with Crippen LogP contribution in [0.4, 0.5) is 10.1 Å². The number of primary amides is 1. The lowest BCUT2D eigenvalue weighted by atomic mass is 10.1. The van der Waals surface area contributed by atoms with Gasteiger partial charge in [0.05, 0.1) is 0 Å². The zero-order chi connectivity index (χ0) is 21.6. The maximum Gasteiger partial charge on any atom is 0.261 e. The number of benzene rings is 2. The Morgan fingerprint density at radius 3 is 2.14 bits per heavy atom. The first-order chi connectivity index (χ1) is 13.6. The molecule has 29 heavy (non-hydrogen) atoms. The Balaban J connectivity index is 1.99. The number of nitrogens with one attached hydrogen (secondary N) is 1. The molecule has 0 radical (unpaired) electrons. The molecule has 0 heterocycles. The van der Waals surface area contributed by atoms with E-state index in [9.17, 15) is 18.8 Å². The van der Waals surface area contributed by atoms with Crippen molar-refractivity contribution in [3.63, 3.8) is 0 Å². The number of nitrogens with two attached hydrogens (primary N) is 1. The molecule has 0 saturated heterocycles. The summed E-state index contributed by atoms with van der Waals surface area (Å²) in [7, 11) is 0. The number of carbonyl (C=O) groups is 3. The number of halogens is 1. The molecule has 3 N–H and O–H groups in total. The highest BCUT2D eigenvalue weighted by atomic mass is 19.1. The molecule has 154 valence electrons. The van der Waals surface area contributed by atoms with Gasteiger partial charge in [-0.05, 0) is 69.3 Å². The smallest absolute Gasteiger partial charge is 0.261 e. The van der Waals surface area contributed by atoms with Crippen LogP contribution in [-0.4, -0.2) is 41.3 Å². The first kappa shape index (κ1) is 21.9. The van der Waals surface area contributed by atoms with Crippen LogP contribution in [0.3, 0.4) is 0 Å². The molecule has 0 aliphatic rings. The fraction of sp³-hybridized carbons (Fsp3) is 0.286. The topological polar surface area (TPSA) is 102 Å². The molecule has 2 rings (SSSR count). The molecule has 8 heteroatoms. The lowest BCUT2D eigenvalue weighted by Crippen LogP contribution is -2.51. The van der Waals surface area contributed by atoms with Gasteiger partial charge in [0.1, 0.15) is 18.1 Å². The Bertz CT molecular complexity index is 874. The molecule has 0 aliphatic heterocycles. The normalized spacial score (nSPS) is 10.9. The first-order valence-corrected chi connectivity index (χ1v) is 8.95. The van der Waals surface area contributed by atoms with E-state index in [1.54, 1.807) is 20.8 Å². The number of ether oxygens (including phenoxy) is 1. The van der Waals surface area contributed by atoms with Crippen molar-refractivity contribution in [2.24, 2.45) is 5.73 Å². The highest BCUT2D eigenvalue weighted by Gasteiger charge is 2.28. The van der Waals surface area contributed by atoms with Gasteiger partial charge in [-0.25, -0.2) is 4.39 Å². The molecule has 2 aromatic rings. The third kappa shape index (κ3) is 6.60. The minimum absolute atomic E-state index is 0.191. The van der Waals surface area contributed by atoms with E-state index in [2.05, 4.69) is 5.32 Å². The van der Waals surface area contributed by atoms with E-state index in [0.29, 0.717) is 17.0 Å². The molecular weight excluding hydrogens is 377 g/mol. The summed E-state index contributed by atoms with van der Waals surface area (Å²) in [5.41, 5.74) is 5.32. The number of carbonyl (C=O) groups excluding carboxylic acids is 3. The van der Waals surface area contributed by atoms with Gasteiger partial charge in [-0.3, -0.25) is 14.4 Å². The highest BCUT2D eigenvalue weighted by Crippen LogP contribution is 2.16. The Morgan fingerprint density at radius 2 is 1.62 bits per heavy atom. The largest absolute Gasteiger partial charge is 0.484 e. The van der Waals surface area contributed by atoms with E-state index in [-0.39, 0.29) is 19.1 Å². The van der Waals surface area contributed by atoms with Crippen LogP contribution in [0.1, 0.15) is 31.1 Å². The van der Waals surface area contributed by atoms with E-state index in [0.717, 1.165) is 0 Å². The van der Waals surface area contributed by atoms with Crippen molar-refractivity contribution in [3.05, 3.63) is 59.9 Å². The molecule has 0 saturated carbocycles. The van der Waals surface area contributed by atoms with Crippen molar-refractivity contribution in [2.75, 3.05) is 18.5 Å². The monoisotopic (exact) mass is 401 g/mol. The maximum absolute atomic E-state index is 13.0. The van der Waals surface area contributed by atoms with E-state index >= 15 is 0 Å². The molecule has 0 fully saturated rings. The number of amides is 3. The third-order valence-electron chi connectivity index (χ3n) is 4.04. The van der Waals surface area contributed by atoms with Crippen LogP contribution in [0.5, 0.6) is 5.75 Å². The Morgan fingerprint density at radius 1 is 1.03 bits per heavy atom. The van der Waals surface area contributed by atoms with Crippen molar-refractivity contribution in [1.82, 2.24) is 4.90 Å². The number of rotatable bonds is 7. The molecule has 0 spiro atoms. The van der Waals surface area contributed by atoms with Crippen LogP contribution in [0.25, 0.3) is 0 Å². The Labute approximate surface area is 168 Å². The molecular formula is C21H24FN3O4. The number of hydrogen-bond acceptors (Lipinski definition) is 4. The maximum atomic E-state index is 13.0. The van der Waals surface area contributed by atoms with Gasteiger partial charge in [-0.2, -0.15) is 0 Å². The van der Waals surface area contributed by atoms with Gasteiger partial charge >= 0.3 is 0 Å². The highest BCUT2D eigenvalue weighted by molar-refractivity contribution is 5.95. The second-order valence-electron chi connectivity index (χ2n) is 7.38. The second-order valence-corrected chi connectivity index (χ2v) is 7.38. The quantitative estimate of drug-likeness (QED) is 0.744. The van der Waals surface area contributed by atoms with Gasteiger partial charge in [-0.1, -0.05) is 0 Å². The fourth-order valence-corrected chi connectivity index (χ4v) is 2.52. The zero-order valence-electron chi connectivity index (χ0n) is 16.6. The van der Waals surface area contributed by atoms with Gasteiger partial charge in [0, 0.05) is 16.8 Å². The van der Waals surface area contributed by atoms with Crippen LogP contribution in [0, 0.1) is 5.82 Å². The molecule has 3 amide bonds. The minimum atomic E-state index is -0.629. The number of hydrogen-bond donors (Lipinski definition) is 2. The molecule has 0 aliphatic carbocycles. The van der Waals surface area contributed by atoms with E-state index in [1.165, 1.54) is 53.4 Å². The Hall–Kier alpha value is -3.42. The van der Waals surface area contributed by atoms with Gasteiger partial charge in [0.2, 0.25) is 11.8 Å². The van der Waals surface area contributed by atoms with Crippen LogP contribution >= 0.6 is 0 Å². The van der Waals surface area contributed by atoms with E-state index < -0.39 is 23.2 Å². The van der Waals surface area contributed by atoms with Gasteiger partial charge in [-0.15, -0.1) is 0 Å². The zero-order valence-corrected chi connectivity index (χ0v) is 16.6. The summed E-state index contributed by atoms with van der Waals surface area (Å²) < 4.78 is 18.5. The van der Waals surface area contributed by atoms with Gasteiger partial charge in [0.15, 0.2) is 6.61 Å². The summed E-state index contributed by atoms with van der Waals surface area (Å²) in [6, 6.07) is 11.4. The summed E-state index contributed by atoms with van der Waals surface area (Å²) in [6.07, 6.45) is 0. The fourth-order valence-electron chi connectivity index (χ4n) is 2.52. The predicted octanol–water partition coefficient (Wildman–Crippen LogP) is 2.57. The SMILES string of the molecule is CC(C)(C)N(CC(=O)Nc1ccc(F)cc1)C(=O)COc1ccc(C(N)=O)cc1. The van der Waals surface area contributed by atoms with Crippen molar-refractivity contribution < 1.29 is 23.5 Å². The van der Waals surface area contributed by atoms with Gasteiger partial charge < -0.3 is 20.7 Å². The standard InChI is InChI=1S/C21H24FN3O4/c1-21(2,3)25(12-18(26)24-16-8-6-15(22)7-9-16)19(27)13-29-17-10-4-14(5-11-17)20(23)28/h4-11H,12-13H2,1-3H3,(H2,23,28)(H,24,26). The molecule has 0 bridgehead atoms. The summed E-state index contributed by atoms with van der Waals surface area (Å²) in [4.78, 5) is 37.5. The molecule has 0 atom stereocenters. The molecule has 0 unspecified atom stereocenters. The average Bonchev–Trinajstić information content (AvgIpc) is 2.65. The van der Waals surface area contributed by atoms with Crippen molar-refractivity contribution in [1.29, 1.82) is 0 Å². The van der Waals surface area contributed by atoms with Gasteiger partial charge in [0.25, 0.3) is 5.91 Å². The summed E-state index contributed by atoms with van der Waals surface area (Å²) in [5.74, 6) is -1.36. The third-order valence-corrected chi connectivity index (χ3v) is 4.04. The van der Waals surface area contributed by atoms with E-state index in [1.807, 2.05) is 0 Å². The second kappa shape index (κ2) is 9.18. The van der Waals surface area contributed by atoms with Crippen LogP contribution in [-0.2, 0) is 9.59 Å². The van der Waals surface area contributed by atoms with Crippen LogP contribution in [0.2, 0.25) is 0 Å². The molecule has 2 aromatic carbocycles. The van der Waals surface area contributed by atoms with Crippen molar-refractivity contribution in [3.8, 4) is 5.75 Å². The van der Waals surface area contributed by atoms with Crippen molar-refractivity contribution >= 4 is 23.4 Å². The average molecular weight is 401 g/mol. The number of nitrogens with zero attached hydrogens (tertiary/aromatic N) is 1. The summed E-state index contributed by atoms with van der Waals surface area (Å²) in [5, 5.41) is 2.63. The van der Waals surface area contributed by atoms with E-state index in [4.69, 9.17) is 10.5 Å². The molecule has 7 nitrogen and oxygen atoms in total.